The number of aliphatic hydroxyl groups is 1. The van der Waals surface area contributed by atoms with E-state index in [1.165, 1.54) is 0 Å². The quantitative estimate of drug-likeness (QED) is 0.811. The van der Waals surface area contributed by atoms with Gasteiger partial charge in [0.2, 0.25) is 0 Å². The fourth-order valence-corrected chi connectivity index (χ4v) is 2.93. The molecule has 0 saturated heterocycles. The van der Waals surface area contributed by atoms with Crippen LogP contribution in [0.3, 0.4) is 0 Å². The molecule has 3 rings (SSSR count). The summed E-state index contributed by atoms with van der Waals surface area (Å²) < 4.78 is 1.74. The molecule has 0 bridgehead atoms. The Morgan fingerprint density at radius 2 is 2.13 bits per heavy atom. The molecule has 3 N–H and O–H groups in total. The molecule has 1 aliphatic rings. The lowest BCUT2D eigenvalue weighted by Gasteiger charge is -2.15. The van der Waals surface area contributed by atoms with Crippen molar-refractivity contribution >= 4 is 11.8 Å². The third kappa shape index (κ3) is 3.71. The van der Waals surface area contributed by atoms with E-state index in [9.17, 15) is 9.90 Å². The highest BCUT2D eigenvalue weighted by molar-refractivity contribution is 5.88. The minimum absolute atomic E-state index is 0.156. The van der Waals surface area contributed by atoms with Crippen molar-refractivity contribution in [2.45, 2.75) is 32.3 Å². The van der Waals surface area contributed by atoms with E-state index < -0.39 is 0 Å². The van der Waals surface area contributed by atoms with E-state index in [0.717, 1.165) is 30.5 Å². The number of benzene rings is 1. The predicted molar refractivity (Wildman–Crippen MR) is 88.7 cm³/mol. The van der Waals surface area contributed by atoms with Crippen LogP contribution in [0.5, 0.6) is 0 Å². The van der Waals surface area contributed by atoms with Gasteiger partial charge in [0, 0.05) is 24.2 Å². The molecule has 2 aromatic rings. The van der Waals surface area contributed by atoms with Gasteiger partial charge in [-0.15, -0.1) is 5.10 Å². The zero-order valence-electron chi connectivity index (χ0n) is 13.2. The number of urea groups is 1. The first-order chi connectivity index (χ1) is 11.1. The number of hydrogen-bond acceptors (Lipinski definition) is 3. The fourth-order valence-electron chi connectivity index (χ4n) is 2.93. The number of hydrogen-bond donors (Lipinski definition) is 3. The van der Waals surface area contributed by atoms with Crippen LogP contribution in [-0.4, -0.2) is 33.6 Å². The summed E-state index contributed by atoms with van der Waals surface area (Å²) in [5.41, 5.74) is 1.84. The molecule has 2 unspecified atom stereocenters. The molecule has 1 fully saturated rings. The molecule has 0 aliphatic heterocycles. The van der Waals surface area contributed by atoms with Gasteiger partial charge in [-0.2, -0.15) is 0 Å². The van der Waals surface area contributed by atoms with Gasteiger partial charge in [0.15, 0.2) is 5.82 Å². The number of amides is 2. The molecular weight excluding hydrogens is 292 g/mol. The Morgan fingerprint density at radius 1 is 1.35 bits per heavy atom. The van der Waals surface area contributed by atoms with Gasteiger partial charge in [-0.25, -0.2) is 9.48 Å². The number of carbonyl (C=O) groups is 1. The van der Waals surface area contributed by atoms with Crippen LogP contribution < -0.4 is 10.6 Å². The van der Waals surface area contributed by atoms with E-state index in [1.807, 2.05) is 43.5 Å². The molecule has 1 aromatic carbocycles. The Labute approximate surface area is 135 Å². The number of aliphatic hydroxyl groups excluding tert-OH is 1. The maximum absolute atomic E-state index is 12.0. The summed E-state index contributed by atoms with van der Waals surface area (Å²) in [6.07, 6.45) is 4.40. The van der Waals surface area contributed by atoms with Gasteiger partial charge >= 0.3 is 6.03 Å². The summed E-state index contributed by atoms with van der Waals surface area (Å²) in [5, 5.41) is 19.8. The zero-order valence-corrected chi connectivity index (χ0v) is 13.2. The Bertz CT molecular complexity index is 668. The molecule has 122 valence electrons. The van der Waals surface area contributed by atoms with Crippen LogP contribution in [0.2, 0.25) is 0 Å². The molecule has 0 spiro atoms. The molecule has 0 radical (unpaired) electrons. The van der Waals surface area contributed by atoms with E-state index in [4.69, 9.17) is 0 Å². The Kier molecular flexibility index (Phi) is 4.62. The van der Waals surface area contributed by atoms with Gasteiger partial charge in [0.25, 0.3) is 0 Å². The SMILES string of the molecule is Cc1cn(-c2ccccc2)nc1NC(=O)NCC1CCCC1O. The van der Waals surface area contributed by atoms with Crippen LogP contribution in [0.15, 0.2) is 36.5 Å². The number of nitrogens with zero attached hydrogens (tertiary/aromatic N) is 2. The summed E-state index contributed by atoms with van der Waals surface area (Å²) in [6.45, 7) is 2.40. The summed E-state index contributed by atoms with van der Waals surface area (Å²) in [7, 11) is 0. The van der Waals surface area contributed by atoms with Crippen LogP contribution in [0, 0.1) is 12.8 Å². The second kappa shape index (κ2) is 6.83. The second-order valence-electron chi connectivity index (χ2n) is 6.03. The van der Waals surface area contributed by atoms with Crippen LogP contribution in [0.1, 0.15) is 24.8 Å². The number of para-hydroxylation sites is 1. The van der Waals surface area contributed by atoms with Crippen molar-refractivity contribution in [1.29, 1.82) is 0 Å². The Balaban J connectivity index is 1.59. The number of rotatable bonds is 4. The molecule has 2 amide bonds. The van der Waals surface area contributed by atoms with E-state index in [-0.39, 0.29) is 18.1 Å². The van der Waals surface area contributed by atoms with Gasteiger partial charge in [0.1, 0.15) is 0 Å². The van der Waals surface area contributed by atoms with E-state index in [1.54, 1.807) is 4.68 Å². The first-order valence-electron chi connectivity index (χ1n) is 7.98. The van der Waals surface area contributed by atoms with Crippen molar-refractivity contribution < 1.29 is 9.90 Å². The van der Waals surface area contributed by atoms with E-state index in [2.05, 4.69) is 15.7 Å². The van der Waals surface area contributed by atoms with Crippen LogP contribution in [0.4, 0.5) is 10.6 Å². The highest BCUT2D eigenvalue weighted by Crippen LogP contribution is 2.24. The van der Waals surface area contributed by atoms with Gasteiger partial charge in [-0.3, -0.25) is 5.32 Å². The van der Waals surface area contributed by atoms with Crippen molar-refractivity contribution in [2.75, 3.05) is 11.9 Å². The number of aromatic nitrogens is 2. The third-order valence-corrected chi connectivity index (χ3v) is 4.29. The first kappa shape index (κ1) is 15.6. The predicted octanol–water partition coefficient (Wildman–Crippen LogP) is 2.46. The topological polar surface area (TPSA) is 79.2 Å². The van der Waals surface area contributed by atoms with E-state index in [0.29, 0.717) is 12.4 Å². The number of nitrogens with one attached hydrogen (secondary N) is 2. The lowest BCUT2D eigenvalue weighted by molar-refractivity contribution is 0.133. The largest absolute Gasteiger partial charge is 0.393 e. The minimum Gasteiger partial charge on any atom is -0.393 e. The van der Waals surface area contributed by atoms with E-state index >= 15 is 0 Å². The second-order valence-corrected chi connectivity index (χ2v) is 6.03. The number of anilines is 1. The maximum atomic E-state index is 12.0. The molecule has 6 heteroatoms. The fraction of sp³-hybridized carbons (Fsp3) is 0.412. The zero-order chi connectivity index (χ0) is 16.2. The van der Waals surface area contributed by atoms with Gasteiger partial charge in [-0.05, 0) is 31.9 Å². The molecular formula is C17H22N4O2. The van der Waals surface area contributed by atoms with Gasteiger partial charge < -0.3 is 10.4 Å². The van der Waals surface area contributed by atoms with Crippen molar-refractivity contribution in [2.24, 2.45) is 5.92 Å². The first-order valence-corrected chi connectivity index (χ1v) is 7.98. The molecule has 1 saturated carbocycles. The molecule has 2 atom stereocenters. The highest BCUT2D eigenvalue weighted by Gasteiger charge is 2.25. The smallest absolute Gasteiger partial charge is 0.320 e. The molecule has 1 aromatic heterocycles. The van der Waals surface area contributed by atoms with Crippen LogP contribution >= 0.6 is 0 Å². The average Bonchev–Trinajstić information content (AvgIpc) is 3.12. The lowest BCUT2D eigenvalue weighted by Crippen LogP contribution is -2.35. The van der Waals surface area contributed by atoms with Crippen LogP contribution in [-0.2, 0) is 0 Å². The molecule has 1 aliphatic carbocycles. The monoisotopic (exact) mass is 314 g/mol. The number of aryl methyl sites for hydroxylation is 1. The average molecular weight is 314 g/mol. The summed E-state index contributed by atoms with van der Waals surface area (Å²) in [5.74, 6) is 0.696. The molecule has 23 heavy (non-hydrogen) atoms. The summed E-state index contributed by atoms with van der Waals surface area (Å²) in [4.78, 5) is 12.0. The Hall–Kier alpha value is -2.34. The Morgan fingerprint density at radius 3 is 2.83 bits per heavy atom. The molecule has 6 nitrogen and oxygen atoms in total. The maximum Gasteiger partial charge on any atom is 0.320 e. The van der Waals surface area contributed by atoms with Crippen molar-refractivity contribution in [1.82, 2.24) is 15.1 Å². The lowest BCUT2D eigenvalue weighted by atomic mass is 10.1. The van der Waals surface area contributed by atoms with Gasteiger partial charge in [0.05, 0.1) is 11.8 Å². The third-order valence-electron chi connectivity index (χ3n) is 4.29. The summed E-state index contributed by atoms with van der Waals surface area (Å²) in [6, 6.07) is 9.46. The normalized spacial score (nSPS) is 20.4. The van der Waals surface area contributed by atoms with Crippen molar-refractivity contribution in [3.63, 3.8) is 0 Å². The standard InChI is InChI=1S/C17H22N4O2/c1-12-11-21(14-7-3-2-4-8-14)20-16(12)19-17(23)18-10-13-6-5-9-15(13)22/h2-4,7-8,11,13,15,22H,5-6,9-10H2,1H3,(H2,18,19,20,23). The van der Waals surface area contributed by atoms with Gasteiger partial charge in [-0.1, -0.05) is 24.6 Å². The number of carbonyl (C=O) groups excluding carboxylic acids is 1. The molecule has 1 heterocycles. The minimum atomic E-state index is -0.297. The van der Waals surface area contributed by atoms with Crippen LogP contribution in [0.25, 0.3) is 5.69 Å². The highest BCUT2D eigenvalue weighted by atomic mass is 16.3. The van der Waals surface area contributed by atoms with Crippen molar-refractivity contribution in [3.8, 4) is 5.69 Å². The summed E-state index contributed by atoms with van der Waals surface area (Å²) >= 11 is 0. The van der Waals surface area contributed by atoms with Crippen molar-refractivity contribution in [3.05, 3.63) is 42.1 Å².